The molecule has 22 nitrogen and oxygen atoms in total. The lowest BCUT2D eigenvalue weighted by Gasteiger charge is -2.33. The van der Waals surface area contributed by atoms with Gasteiger partial charge in [0.15, 0.2) is 23.0 Å². The summed E-state index contributed by atoms with van der Waals surface area (Å²) in [5, 5.41) is 0. The predicted octanol–water partition coefficient (Wildman–Crippen LogP) is 5.29. The molecule has 0 aliphatic heterocycles. The van der Waals surface area contributed by atoms with Gasteiger partial charge in [0.1, 0.15) is 6.10 Å². The van der Waals surface area contributed by atoms with E-state index in [1.54, 1.807) is 0 Å². The van der Waals surface area contributed by atoms with Crippen molar-refractivity contribution >= 4 is 47.8 Å². The van der Waals surface area contributed by atoms with E-state index in [2.05, 4.69) is 39.5 Å². The molecule has 370 valence electrons. The van der Waals surface area contributed by atoms with E-state index >= 15 is 0 Å². The van der Waals surface area contributed by atoms with Gasteiger partial charge in [-0.3, -0.25) is 0 Å². The second kappa shape index (κ2) is 29.2. The number of rotatable bonds is 30. The summed E-state index contributed by atoms with van der Waals surface area (Å²) in [5.74, 6) is -8.17. The average Bonchev–Trinajstić information content (AvgIpc) is 3.34. The van der Waals surface area contributed by atoms with Gasteiger partial charge in [-0.1, -0.05) is 46.4 Å². The van der Waals surface area contributed by atoms with Gasteiger partial charge in [0.05, 0.1) is 17.7 Å². The normalized spacial score (nSPS) is 14.5. The number of carbonyl (C=O) groups is 8. The monoisotopic (exact) mass is 966 g/mol. The van der Waals surface area contributed by atoms with Crippen molar-refractivity contribution in [3.63, 3.8) is 0 Å². The number of hydrogen-bond acceptors (Lipinski definition) is 22. The van der Waals surface area contributed by atoms with Gasteiger partial charge in [-0.05, 0) is 61.8 Å². The summed E-state index contributed by atoms with van der Waals surface area (Å²) in [4.78, 5) is 97.2. The maximum atomic E-state index is 13.7. The van der Waals surface area contributed by atoms with Crippen LogP contribution in [0.1, 0.15) is 53.3 Å². The molecular formula is C47H50O22. The maximum Gasteiger partial charge on any atom is 0.338 e. The quantitative estimate of drug-likeness (QED) is 0.0417. The van der Waals surface area contributed by atoms with Crippen molar-refractivity contribution in [1.82, 2.24) is 0 Å². The lowest BCUT2D eigenvalue weighted by molar-refractivity contribution is -0.146. The molecular weight excluding hydrogens is 916 g/mol. The zero-order chi connectivity index (χ0) is 50.7. The molecule has 2 aromatic rings. The van der Waals surface area contributed by atoms with E-state index in [1.807, 2.05) is 6.92 Å². The Balaban J connectivity index is 1.76. The highest BCUT2D eigenvalue weighted by Gasteiger charge is 2.32. The highest BCUT2D eigenvalue weighted by molar-refractivity contribution is 5.92. The summed E-state index contributed by atoms with van der Waals surface area (Å²) in [5.41, 5.74) is -0.243. The number of carbonyl (C=O) groups excluding carboxylic acids is 8. The Morgan fingerprint density at radius 2 is 0.783 bits per heavy atom. The Morgan fingerprint density at radius 3 is 1.10 bits per heavy atom. The summed E-state index contributed by atoms with van der Waals surface area (Å²) in [6.07, 6.45) is 6.73. The molecule has 22 heteroatoms. The van der Waals surface area contributed by atoms with E-state index in [0.717, 1.165) is 36.5 Å². The first-order valence-electron chi connectivity index (χ1n) is 20.4. The number of esters is 8. The molecule has 1 fully saturated rings. The Kier molecular flexibility index (Phi) is 23.1. The average molecular weight is 967 g/mol. The van der Waals surface area contributed by atoms with Gasteiger partial charge in [0.2, 0.25) is 52.3 Å². The van der Waals surface area contributed by atoms with Gasteiger partial charge < -0.3 is 66.3 Å². The van der Waals surface area contributed by atoms with E-state index in [9.17, 15) is 38.4 Å². The first-order valence-corrected chi connectivity index (χ1v) is 20.4. The SMILES string of the molecule is C=CC(=O)OCOc1cc(C(=O)OCCC2CCC(OC(=O)c3cc(OCOC(=O)C=C)c(OCOC(=O)C=C)c(OCOC(=O)C=C)c3)C(C)C2)cc(OCOC(=O)C=C)c1OCOC(=O)C=C. The minimum atomic E-state index is -0.838. The standard InChI is InChI=1S/C47H50O22/c1-8-38(48)61-23-57-34-19-31(20-35(58-24-62-39(49)9-2)44(34)67-27-65-42(52)12-5)46(54)56-17-16-30-14-15-33(29(7)18-30)69-47(55)32-21-36(59-25-63-40(50)10-3)45(68-28-66-43(53)13-6)37(22-32)60-26-64-41(51)11-4/h8-13,19-22,29-30,33H,1-6,14-18,23-28H2,7H3. The zero-order valence-electron chi connectivity index (χ0n) is 37.5. The van der Waals surface area contributed by atoms with Crippen molar-refractivity contribution in [1.29, 1.82) is 0 Å². The molecule has 1 aliphatic rings. The molecule has 3 unspecified atom stereocenters. The van der Waals surface area contributed by atoms with Crippen LogP contribution in [0.4, 0.5) is 0 Å². The molecule has 0 amide bonds. The summed E-state index contributed by atoms with van der Waals surface area (Å²) in [6.45, 7) is 17.6. The molecule has 0 aromatic heterocycles. The molecule has 0 saturated heterocycles. The fourth-order valence-electron chi connectivity index (χ4n) is 5.88. The molecule has 2 aromatic carbocycles. The van der Waals surface area contributed by atoms with Gasteiger partial charge in [-0.25, -0.2) is 38.4 Å². The second-order valence-corrected chi connectivity index (χ2v) is 13.7. The highest BCUT2D eigenvalue weighted by atomic mass is 16.7. The number of hydrogen-bond donors (Lipinski definition) is 0. The Bertz CT molecular complexity index is 2150. The van der Waals surface area contributed by atoms with Crippen molar-refractivity contribution in [2.45, 2.75) is 38.7 Å². The minimum absolute atomic E-state index is 0.0249. The van der Waals surface area contributed by atoms with Crippen LogP contribution in [-0.2, 0) is 66.7 Å². The predicted molar refractivity (Wildman–Crippen MR) is 234 cm³/mol. The Hall–Kier alpha value is -8.56. The van der Waals surface area contributed by atoms with Gasteiger partial charge in [-0.15, -0.1) is 0 Å². The van der Waals surface area contributed by atoms with Gasteiger partial charge in [0.25, 0.3) is 0 Å². The Morgan fingerprint density at radius 1 is 0.464 bits per heavy atom. The van der Waals surface area contributed by atoms with E-state index in [4.69, 9.17) is 66.3 Å². The molecule has 3 rings (SSSR count). The van der Waals surface area contributed by atoms with Crippen molar-refractivity contribution in [2.24, 2.45) is 11.8 Å². The summed E-state index contributed by atoms with van der Waals surface area (Å²) in [6, 6.07) is 4.81. The maximum absolute atomic E-state index is 13.7. The molecule has 0 heterocycles. The summed E-state index contributed by atoms with van der Waals surface area (Å²) < 4.78 is 74.3. The minimum Gasteiger partial charge on any atom is -0.462 e. The van der Waals surface area contributed by atoms with E-state index < -0.39 is 94.6 Å². The van der Waals surface area contributed by atoms with Crippen LogP contribution in [0.2, 0.25) is 0 Å². The van der Waals surface area contributed by atoms with Crippen LogP contribution in [-0.4, -0.2) is 101 Å². The first-order chi connectivity index (χ1) is 33.2. The van der Waals surface area contributed by atoms with Gasteiger partial charge in [0, 0.05) is 36.5 Å². The lowest BCUT2D eigenvalue weighted by atomic mass is 9.79. The van der Waals surface area contributed by atoms with Gasteiger partial charge >= 0.3 is 47.8 Å². The summed E-state index contributed by atoms with van der Waals surface area (Å²) in [7, 11) is 0. The van der Waals surface area contributed by atoms with Gasteiger partial charge in [-0.2, -0.15) is 0 Å². The topological polar surface area (TPSA) is 266 Å². The number of benzene rings is 2. The van der Waals surface area contributed by atoms with Crippen molar-refractivity contribution < 1.29 is 105 Å². The van der Waals surface area contributed by atoms with Crippen molar-refractivity contribution in [2.75, 3.05) is 47.4 Å². The molecule has 1 saturated carbocycles. The summed E-state index contributed by atoms with van der Waals surface area (Å²) >= 11 is 0. The first kappa shape index (κ1) is 54.8. The molecule has 3 atom stereocenters. The third-order valence-corrected chi connectivity index (χ3v) is 9.20. The van der Waals surface area contributed by atoms with Crippen LogP contribution in [0.3, 0.4) is 0 Å². The van der Waals surface area contributed by atoms with Crippen LogP contribution in [0.5, 0.6) is 34.5 Å². The largest absolute Gasteiger partial charge is 0.462 e. The molecule has 0 radical (unpaired) electrons. The molecule has 0 bridgehead atoms. The lowest BCUT2D eigenvalue weighted by Crippen LogP contribution is -2.32. The third kappa shape index (κ3) is 18.7. The van der Waals surface area contributed by atoms with Crippen LogP contribution < -0.4 is 28.4 Å². The molecule has 0 spiro atoms. The van der Waals surface area contributed by atoms with E-state index in [0.29, 0.717) is 25.7 Å². The van der Waals surface area contributed by atoms with Crippen LogP contribution in [0, 0.1) is 11.8 Å². The number of ether oxygens (including phenoxy) is 14. The van der Waals surface area contributed by atoms with E-state index in [-0.39, 0.29) is 64.1 Å². The van der Waals surface area contributed by atoms with Crippen LogP contribution in [0.25, 0.3) is 0 Å². The van der Waals surface area contributed by atoms with Crippen LogP contribution in [0.15, 0.2) is 100 Å². The Labute approximate surface area is 395 Å². The van der Waals surface area contributed by atoms with Crippen LogP contribution >= 0.6 is 0 Å². The fraction of sp³-hybridized carbons (Fsp3) is 0.319. The zero-order valence-corrected chi connectivity index (χ0v) is 37.5. The molecule has 0 N–H and O–H groups in total. The fourth-order valence-corrected chi connectivity index (χ4v) is 5.88. The molecule has 69 heavy (non-hydrogen) atoms. The third-order valence-electron chi connectivity index (χ3n) is 9.20. The smallest absolute Gasteiger partial charge is 0.338 e. The van der Waals surface area contributed by atoms with Crippen molar-refractivity contribution in [3.05, 3.63) is 111 Å². The second-order valence-electron chi connectivity index (χ2n) is 13.7. The van der Waals surface area contributed by atoms with Crippen molar-refractivity contribution in [3.8, 4) is 34.5 Å². The highest BCUT2D eigenvalue weighted by Crippen LogP contribution is 2.42. The van der Waals surface area contributed by atoms with E-state index in [1.165, 1.54) is 24.3 Å². The molecule has 1 aliphatic carbocycles.